The third-order valence-corrected chi connectivity index (χ3v) is 7.17. The number of amidine groups is 2. The van der Waals surface area contributed by atoms with Crippen molar-refractivity contribution in [3.8, 4) is 0 Å². The summed E-state index contributed by atoms with van der Waals surface area (Å²) < 4.78 is 44.4. The molecule has 2 N–H and O–H groups in total. The van der Waals surface area contributed by atoms with Gasteiger partial charge in [0.1, 0.15) is 29.1 Å². The molecule has 0 amide bonds. The van der Waals surface area contributed by atoms with E-state index in [0.29, 0.717) is 64.9 Å². The lowest BCUT2D eigenvalue weighted by atomic mass is 10.0. The average molecular weight is 495 g/mol. The van der Waals surface area contributed by atoms with Gasteiger partial charge in [0.15, 0.2) is 0 Å². The second kappa shape index (κ2) is 10.6. The average Bonchev–Trinajstić information content (AvgIpc) is 3.59. The predicted octanol–water partition coefficient (Wildman–Crippen LogP) is 4.88. The van der Waals surface area contributed by atoms with Gasteiger partial charge in [-0.3, -0.25) is 9.98 Å². The van der Waals surface area contributed by atoms with Gasteiger partial charge < -0.3 is 10.6 Å². The van der Waals surface area contributed by atoms with E-state index in [1.54, 1.807) is 30.3 Å². The number of nitrogens with one attached hydrogen (secondary N) is 2. The predicted molar refractivity (Wildman–Crippen MR) is 135 cm³/mol. The van der Waals surface area contributed by atoms with Gasteiger partial charge >= 0.3 is 0 Å². The zero-order valence-electron chi connectivity index (χ0n) is 19.1. The van der Waals surface area contributed by atoms with E-state index < -0.39 is 0 Å². The Balaban J connectivity index is 1.23. The second-order valence-electron chi connectivity index (χ2n) is 8.44. The Morgan fingerprint density at radius 2 is 1.31 bits per heavy atom. The monoisotopic (exact) mass is 494 g/mol. The summed E-state index contributed by atoms with van der Waals surface area (Å²) in [6.07, 6.45) is 0.749. The number of thioether (sulfide) groups is 1. The number of halogens is 3. The molecule has 0 radical (unpaired) electrons. The quantitative estimate of drug-likeness (QED) is 0.439. The minimum atomic E-state index is -0.333. The molecule has 0 fully saturated rings. The van der Waals surface area contributed by atoms with Crippen LogP contribution < -0.4 is 10.6 Å². The molecule has 0 saturated carbocycles. The third kappa shape index (κ3) is 5.37. The van der Waals surface area contributed by atoms with Gasteiger partial charge in [0, 0.05) is 34.9 Å². The molecule has 0 saturated heterocycles. The number of hydrogen-bond donors (Lipinski definition) is 2. The lowest BCUT2D eigenvalue weighted by Gasteiger charge is -2.11. The molecule has 8 heteroatoms. The summed E-state index contributed by atoms with van der Waals surface area (Å²) in [6, 6.07) is 15.3. The molecule has 5 rings (SSSR count). The zero-order valence-corrected chi connectivity index (χ0v) is 19.9. The first-order valence-electron chi connectivity index (χ1n) is 11.6. The number of hydrogen-bond acceptors (Lipinski definition) is 5. The van der Waals surface area contributed by atoms with Crippen molar-refractivity contribution in [2.75, 3.05) is 26.2 Å². The van der Waals surface area contributed by atoms with Crippen LogP contribution in [-0.2, 0) is 18.6 Å². The SMILES string of the molecule is Fc1cc(C2=NCCN2)ccc1CCc1cccc(SCc2ccc(C3=NCCN3)cc2F)c1F. The molecule has 0 unspecified atom stereocenters. The van der Waals surface area contributed by atoms with E-state index >= 15 is 4.39 Å². The summed E-state index contributed by atoms with van der Waals surface area (Å²) >= 11 is 1.25. The summed E-state index contributed by atoms with van der Waals surface area (Å²) in [5.74, 6) is 0.738. The first-order chi connectivity index (χ1) is 17.1. The molecule has 2 aliphatic heterocycles. The van der Waals surface area contributed by atoms with Crippen molar-refractivity contribution in [2.24, 2.45) is 9.98 Å². The van der Waals surface area contributed by atoms with Crippen LogP contribution in [0.2, 0.25) is 0 Å². The molecule has 180 valence electrons. The standard InChI is InChI=1S/C27H25F3N4S/c28-22-14-19(26-31-10-11-32-26)7-5-17(22)4-6-18-2-1-3-24(25(18)30)35-16-21-9-8-20(15-23(21)29)27-33-12-13-34-27/h1-3,5,7-9,14-15H,4,6,10-13,16H2,(H,31,32)(H,33,34). The van der Waals surface area contributed by atoms with Crippen molar-refractivity contribution in [2.45, 2.75) is 23.5 Å². The highest BCUT2D eigenvalue weighted by Crippen LogP contribution is 2.29. The Kier molecular flexibility index (Phi) is 7.08. The summed E-state index contributed by atoms with van der Waals surface area (Å²) in [5.41, 5.74) is 3.00. The van der Waals surface area contributed by atoms with Crippen LogP contribution in [0.1, 0.15) is 27.8 Å². The van der Waals surface area contributed by atoms with E-state index in [4.69, 9.17) is 0 Å². The number of benzene rings is 3. The van der Waals surface area contributed by atoms with Crippen molar-refractivity contribution >= 4 is 23.4 Å². The highest BCUT2D eigenvalue weighted by Gasteiger charge is 2.15. The van der Waals surface area contributed by atoms with Gasteiger partial charge in [0.25, 0.3) is 0 Å². The minimum Gasteiger partial charge on any atom is -0.368 e. The molecule has 4 nitrogen and oxygen atoms in total. The van der Waals surface area contributed by atoms with E-state index in [1.807, 2.05) is 12.1 Å². The van der Waals surface area contributed by atoms with Crippen molar-refractivity contribution in [3.63, 3.8) is 0 Å². The number of aliphatic imine (C=N–C) groups is 2. The lowest BCUT2D eigenvalue weighted by molar-refractivity contribution is 0.577. The fourth-order valence-corrected chi connectivity index (χ4v) is 5.15. The summed E-state index contributed by atoms with van der Waals surface area (Å²) in [4.78, 5) is 9.08. The van der Waals surface area contributed by atoms with Crippen LogP contribution in [0.3, 0.4) is 0 Å². The first-order valence-corrected chi connectivity index (χ1v) is 12.6. The summed E-state index contributed by atoms with van der Waals surface area (Å²) in [7, 11) is 0. The van der Waals surface area contributed by atoms with Crippen LogP contribution in [0.4, 0.5) is 13.2 Å². The van der Waals surface area contributed by atoms with Crippen LogP contribution >= 0.6 is 11.8 Å². The fraction of sp³-hybridized carbons (Fsp3) is 0.259. The molecule has 2 aliphatic rings. The minimum absolute atomic E-state index is 0.306. The van der Waals surface area contributed by atoms with Gasteiger partial charge in [-0.15, -0.1) is 11.8 Å². The maximum absolute atomic E-state index is 15.2. The third-order valence-electron chi connectivity index (χ3n) is 6.09. The van der Waals surface area contributed by atoms with Gasteiger partial charge in [-0.05, 0) is 47.7 Å². The molecular formula is C27H25F3N4S. The highest BCUT2D eigenvalue weighted by molar-refractivity contribution is 7.98. The smallest absolute Gasteiger partial charge is 0.139 e. The van der Waals surface area contributed by atoms with Crippen LogP contribution in [0.5, 0.6) is 0 Å². The second-order valence-corrected chi connectivity index (χ2v) is 9.46. The van der Waals surface area contributed by atoms with E-state index in [0.717, 1.165) is 24.2 Å². The summed E-state index contributed by atoms with van der Waals surface area (Å²) in [5, 5.41) is 6.26. The molecular weight excluding hydrogens is 469 g/mol. The summed E-state index contributed by atoms with van der Waals surface area (Å²) in [6.45, 7) is 2.90. The Morgan fingerprint density at radius 3 is 1.89 bits per heavy atom. The molecule has 0 bridgehead atoms. The molecule has 3 aromatic rings. The molecule has 2 heterocycles. The Bertz CT molecular complexity index is 1210. The maximum atomic E-state index is 15.2. The number of nitrogens with zero attached hydrogens (tertiary/aromatic N) is 2. The van der Waals surface area contributed by atoms with Crippen molar-refractivity contribution in [3.05, 3.63) is 99.9 Å². The van der Waals surface area contributed by atoms with Crippen molar-refractivity contribution < 1.29 is 13.2 Å². The molecule has 0 aromatic heterocycles. The Morgan fingerprint density at radius 1 is 0.714 bits per heavy atom. The molecule has 35 heavy (non-hydrogen) atoms. The van der Waals surface area contributed by atoms with E-state index in [-0.39, 0.29) is 17.5 Å². The Hall–Kier alpha value is -3.26. The van der Waals surface area contributed by atoms with Gasteiger partial charge in [0.2, 0.25) is 0 Å². The lowest BCUT2D eigenvalue weighted by Crippen LogP contribution is -2.19. The first kappa shape index (κ1) is 23.5. The molecule has 0 atom stereocenters. The Labute approximate surface area is 206 Å². The highest BCUT2D eigenvalue weighted by atomic mass is 32.2. The maximum Gasteiger partial charge on any atom is 0.139 e. The molecule has 0 aliphatic carbocycles. The number of rotatable bonds is 8. The van der Waals surface area contributed by atoms with Gasteiger partial charge in [-0.25, -0.2) is 13.2 Å². The largest absolute Gasteiger partial charge is 0.368 e. The molecule has 0 spiro atoms. The van der Waals surface area contributed by atoms with E-state index in [9.17, 15) is 8.78 Å². The topological polar surface area (TPSA) is 48.8 Å². The van der Waals surface area contributed by atoms with E-state index in [2.05, 4.69) is 20.6 Å². The van der Waals surface area contributed by atoms with Crippen molar-refractivity contribution in [1.82, 2.24) is 10.6 Å². The normalized spacial score (nSPS) is 14.9. The van der Waals surface area contributed by atoms with Gasteiger partial charge in [0.05, 0.1) is 13.1 Å². The van der Waals surface area contributed by atoms with Crippen LogP contribution in [0, 0.1) is 17.5 Å². The van der Waals surface area contributed by atoms with Gasteiger partial charge in [-0.2, -0.15) is 0 Å². The number of aryl methyl sites for hydroxylation is 2. The van der Waals surface area contributed by atoms with Gasteiger partial charge in [-0.1, -0.05) is 36.4 Å². The fourth-order valence-electron chi connectivity index (χ4n) is 4.18. The zero-order chi connectivity index (χ0) is 24.2. The van der Waals surface area contributed by atoms with E-state index in [1.165, 1.54) is 23.9 Å². The van der Waals surface area contributed by atoms with Crippen LogP contribution in [0.15, 0.2) is 69.5 Å². The van der Waals surface area contributed by atoms with Crippen LogP contribution in [0.25, 0.3) is 0 Å². The molecule has 3 aromatic carbocycles. The van der Waals surface area contributed by atoms with Crippen molar-refractivity contribution in [1.29, 1.82) is 0 Å². The van der Waals surface area contributed by atoms with Crippen LogP contribution in [-0.4, -0.2) is 37.9 Å².